The minimum Gasteiger partial charge on any atom is -0.496 e. The molecule has 7 heteroatoms. The first-order valence-electron chi connectivity index (χ1n) is 6.37. The van der Waals surface area contributed by atoms with Crippen molar-refractivity contribution in [3.8, 4) is 17.2 Å². The smallest absolute Gasteiger partial charge is 0.323 e. The highest BCUT2D eigenvalue weighted by atomic mass is 16.5. The lowest BCUT2D eigenvalue weighted by Gasteiger charge is -2.20. The van der Waals surface area contributed by atoms with Gasteiger partial charge in [-0.05, 0) is 6.92 Å². The second kappa shape index (κ2) is 7.70. The van der Waals surface area contributed by atoms with Crippen LogP contribution in [0.1, 0.15) is 12.5 Å². The predicted octanol–water partition coefficient (Wildman–Crippen LogP) is 0.636. The normalized spacial score (nSPS) is 13.4. The Hall–Kier alpha value is -1.99. The van der Waals surface area contributed by atoms with Crippen LogP contribution in [0.15, 0.2) is 12.1 Å². The van der Waals surface area contributed by atoms with Gasteiger partial charge in [0.05, 0.1) is 33.0 Å². The Morgan fingerprint density at radius 1 is 1.19 bits per heavy atom. The monoisotopic (exact) mass is 299 g/mol. The molecule has 0 saturated heterocycles. The summed E-state index contributed by atoms with van der Waals surface area (Å²) in [5, 5.41) is 21.3. The molecule has 0 aliphatic rings. The van der Waals surface area contributed by atoms with E-state index in [4.69, 9.17) is 19.3 Å². The van der Waals surface area contributed by atoms with Gasteiger partial charge in [-0.25, -0.2) is 0 Å². The molecule has 0 aromatic heterocycles. The highest BCUT2D eigenvalue weighted by Crippen LogP contribution is 2.33. The molecule has 0 saturated carbocycles. The fourth-order valence-corrected chi connectivity index (χ4v) is 1.93. The Labute approximate surface area is 123 Å². The third-order valence-electron chi connectivity index (χ3n) is 3.06. The van der Waals surface area contributed by atoms with Crippen molar-refractivity contribution in [1.82, 2.24) is 5.32 Å². The number of nitrogens with one attached hydrogen (secondary N) is 1. The average Bonchev–Trinajstić information content (AvgIpc) is 2.46. The van der Waals surface area contributed by atoms with E-state index >= 15 is 0 Å². The summed E-state index contributed by atoms with van der Waals surface area (Å²) in [7, 11) is 4.53. The summed E-state index contributed by atoms with van der Waals surface area (Å²) in [5.74, 6) is 0.455. The van der Waals surface area contributed by atoms with Crippen molar-refractivity contribution < 1.29 is 29.2 Å². The highest BCUT2D eigenvalue weighted by molar-refractivity contribution is 5.74. The fourth-order valence-electron chi connectivity index (χ4n) is 1.93. The molecule has 1 unspecified atom stereocenters. The molecule has 7 nitrogen and oxygen atoms in total. The Morgan fingerprint density at radius 2 is 1.71 bits per heavy atom. The first-order chi connectivity index (χ1) is 9.94. The van der Waals surface area contributed by atoms with Gasteiger partial charge in [-0.15, -0.1) is 0 Å². The van der Waals surface area contributed by atoms with E-state index in [0.29, 0.717) is 22.8 Å². The lowest BCUT2D eigenvalue weighted by Crippen LogP contribution is -2.44. The number of rotatable bonds is 8. The molecule has 0 radical (unpaired) electrons. The van der Waals surface area contributed by atoms with Crippen LogP contribution in [0, 0.1) is 0 Å². The molecule has 21 heavy (non-hydrogen) atoms. The van der Waals surface area contributed by atoms with Crippen LogP contribution in [0.2, 0.25) is 0 Å². The maximum atomic E-state index is 11.1. The van der Waals surface area contributed by atoms with Crippen LogP contribution in [0.4, 0.5) is 0 Å². The van der Waals surface area contributed by atoms with Crippen molar-refractivity contribution in [2.45, 2.75) is 25.6 Å². The molecule has 0 aliphatic heterocycles. The van der Waals surface area contributed by atoms with Crippen LogP contribution in [-0.2, 0) is 11.3 Å². The molecule has 1 aromatic carbocycles. The minimum absolute atomic E-state index is 0.165. The first-order valence-corrected chi connectivity index (χ1v) is 6.37. The van der Waals surface area contributed by atoms with Crippen molar-refractivity contribution in [3.05, 3.63) is 17.7 Å². The van der Waals surface area contributed by atoms with Crippen molar-refractivity contribution in [2.75, 3.05) is 21.3 Å². The van der Waals surface area contributed by atoms with E-state index < -0.39 is 18.1 Å². The number of aliphatic carboxylic acids is 1. The number of aliphatic hydroxyl groups excluding tert-OH is 1. The number of carboxylic acids is 1. The molecule has 0 spiro atoms. The fraction of sp³-hybridized carbons (Fsp3) is 0.500. The molecule has 0 fully saturated rings. The molecule has 1 aromatic rings. The summed E-state index contributed by atoms with van der Waals surface area (Å²) in [4.78, 5) is 11.1. The number of methoxy groups -OCH3 is 3. The van der Waals surface area contributed by atoms with Crippen molar-refractivity contribution in [2.24, 2.45) is 0 Å². The molecule has 0 aliphatic carbocycles. The van der Waals surface area contributed by atoms with Crippen LogP contribution in [0.5, 0.6) is 17.2 Å². The van der Waals surface area contributed by atoms with E-state index in [-0.39, 0.29) is 6.54 Å². The van der Waals surface area contributed by atoms with Crippen LogP contribution in [0.3, 0.4) is 0 Å². The van der Waals surface area contributed by atoms with Crippen LogP contribution >= 0.6 is 0 Å². The van der Waals surface area contributed by atoms with Crippen LogP contribution < -0.4 is 19.5 Å². The average molecular weight is 299 g/mol. The number of carbonyl (C=O) groups is 1. The Bertz CT molecular complexity index is 463. The van der Waals surface area contributed by atoms with E-state index in [9.17, 15) is 9.90 Å². The van der Waals surface area contributed by atoms with Gasteiger partial charge in [0.1, 0.15) is 23.3 Å². The van der Waals surface area contributed by atoms with Crippen molar-refractivity contribution in [3.63, 3.8) is 0 Å². The number of carboxylic acid groups (broad SMARTS) is 1. The Kier molecular flexibility index (Phi) is 6.26. The molecule has 0 amide bonds. The van der Waals surface area contributed by atoms with E-state index in [2.05, 4.69) is 5.32 Å². The van der Waals surface area contributed by atoms with Gasteiger partial charge in [0.15, 0.2) is 0 Å². The van der Waals surface area contributed by atoms with E-state index in [1.54, 1.807) is 12.1 Å². The number of aliphatic hydroxyl groups is 1. The Balaban J connectivity index is 3.03. The molecule has 2 atom stereocenters. The van der Waals surface area contributed by atoms with Crippen molar-refractivity contribution >= 4 is 5.97 Å². The lowest BCUT2D eigenvalue weighted by atomic mass is 10.1. The lowest BCUT2D eigenvalue weighted by molar-refractivity contribution is -0.142. The quantitative estimate of drug-likeness (QED) is 0.648. The van der Waals surface area contributed by atoms with Gasteiger partial charge in [0.25, 0.3) is 0 Å². The van der Waals surface area contributed by atoms with E-state index in [1.807, 2.05) is 0 Å². The molecular weight excluding hydrogens is 278 g/mol. The van der Waals surface area contributed by atoms with Crippen LogP contribution in [0.25, 0.3) is 0 Å². The first kappa shape index (κ1) is 17.1. The summed E-state index contributed by atoms with van der Waals surface area (Å²) >= 11 is 0. The summed E-state index contributed by atoms with van der Waals surface area (Å²) in [6, 6.07) is 2.27. The van der Waals surface area contributed by atoms with Gasteiger partial charge in [0.2, 0.25) is 0 Å². The van der Waals surface area contributed by atoms with Gasteiger partial charge in [0, 0.05) is 18.7 Å². The zero-order chi connectivity index (χ0) is 16.0. The topological polar surface area (TPSA) is 97.3 Å². The standard InChI is InChI=1S/C14H21NO6/c1-8(16)13(14(17)18)15-7-10-11(20-3)5-9(19-2)6-12(10)21-4/h5-6,8,13,15-16H,7H2,1-4H3,(H,17,18)/t8?,13-/m0/s1. The molecule has 3 N–H and O–H groups in total. The SMILES string of the molecule is COc1cc(OC)c(CN[C@H](C(=O)O)C(C)O)c(OC)c1. The van der Waals surface area contributed by atoms with Crippen molar-refractivity contribution in [1.29, 1.82) is 0 Å². The predicted molar refractivity (Wildman–Crippen MR) is 76.0 cm³/mol. The van der Waals surface area contributed by atoms with Gasteiger partial charge >= 0.3 is 5.97 Å². The third-order valence-corrected chi connectivity index (χ3v) is 3.06. The maximum Gasteiger partial charge on any atom is 0.323 e. The molecule has 0 bridgehead atoms. The summed E-state index contributed by atoms with van der Waals surface area (Å²) in [5.41, 5.74) is 0.646. The number of ether oxygens (including phenoxy) is 3. The minimum atomic E-state index is -1.13. The molecular formula is C14H21NO6. The third kappa shape index (κ3) is 4.24. The Morgan fingerprint density at radius 3 is 2.05 bits per heavy atom. The number of hydrogen-bond acceptors (Lipinski definition) is 6. The second-order valence-electron chi connectivity index (χ2n) is 4.45. The molecule has 0 heterocycles. The van der Waals surface area contributed by atoms with Crippen LogP contribution in [-0.4, -0.2) is 49.7 Å². The largest absolute Gasteiger partial charge is 0.496 e. The number of benzene rings is 1. The van der Waals surface area contributed by atoms with Gasteiger partial charge in [-0.1, -0.05) is 0 Å². The summed E-state index contributed by atoms with van der Waals surface area (Å²) in [6.45, 7) is 1.58. The van der Waals surface area contributed by atoms with E-state index in [1.165, 1.54) is 28.3 Å². The van der Waals surface area contributed by atoms with Gasteiger partial charge in [-0.2, -0.15) is 0 Å². The summed E-state index contributed by atoms with van der Waals surface area (Å²) < 4.78 is 15.7. The zero-order valence-corrected chi connectivity index (χ0v) is 12.5. The highest BCUT2D eigenvalue weighted by Gasteiger charge is 2.23. The zero-order valence-electron chi connectivity index (χ0n) is 12.5. The maximum absolute atomic E-state index is 11.1. The molecule has 118 valence electrons. The molecule has 1 rings (SSSR count). The second-order valence-corrected chi connectivity index (χ2v) is 4.45. The van der Waals surface area contributed by atoms with Gasteiger partial charge < -0.3 is 24.4 Å². The summed E-state index contributed by atoms with van der Waals surface area (Å²) in [6.07, 6.45) is -1.03. The van der Waals surface area contributed by atoms with Gasteiger partial charge in [-0.3, -0.25) is 10.1 Å². The van der Waals surface area contributed by atoms with E-state index in [0.717, 1.165) is 0 Å². The number of hydrogen-bond donors (Lipinski definition) is 3.